The molecule has 2 heterocycles. The van der Waals surface area contributed by atoms with Crippen molar-refractivity contribution in [2.24, 2.45) is 5.41 Å². The fraction of sp³-hybridized carbons (Fsp3) is 0.692. The molecule has 0 aliphatic carbocycles. The van der Waals surface area contributed by atoms with E-state index in [0.717, 1.165) is 44.4 Å². The topological polar surface area (TPSA) is 53.1 Å². The van der Waals surface area contributed by atoms with Crippen LogP contribution in [0.15, 0.2) is 12.4 Å². The van der Waals surface area contributed by atoms with Gasteiger partial charge in [0, 0.05) is 38.8 Å². The molecule has 18 heavy (non-hydrogen) atoms. The molecule has 1 aliphatic heterocycles. The van der Waals surface area contributed by atoms with Gasteiger partial charge in [-0.2, -0.15) is 0 Å². The lowest BCUT2D eigenvalue weighted by molar-refractivity contribution is 0.370. The second-order valence-corrected chi connectivity index (χ2v) is 5.55. The van der Waals surface area contributed by atoms with Crippen LogP contribution in [0.3, 0.4) is 0 Å². The lowest BCUT2D eigenvalue weighted by Crippen LogP contribution is -2.35. The Kier molecular flexibility index (Phi) is 4.01. The first-order valence-electron chi connectivity index (χ1n) is 6.62. The van der Waals surface area contributed by atoms with E-state index < -0.39 is 0 Å². The van der Waals surface area contributed by atoms with E-state index in [1.807, 2.05) is 6.07 Å². The Bertz CT molecular complexity index is 391. The van der Waals surface area contributed by atoms with Crippen LogP contribution in [0.2, 0.25) is 0 Å². The third kappa shape index (κ3) is 3.32. The molecule has 1 aromatic rings. The Morgan fingerprint density at radius 2 is 2.28 bits per heavy atom. The summed E-state index contributed by atoms with van der Waals surface area (Å²) in [6, 6.07) is 2.03. The predicted octanol–water partition coefficient (Wildman–Crippen LogP) is 1.34. The van der Waals surface area contributed by atoms with Crippen molar-refractivity contribution in [3.63, 3.8) is 0 Å². The van der Waals surface area contributed by atoms with Crippen LogP contribution in [-0.4, -0.2) is 42.7 Å². The molecule has 1 aliphatic rings. The average Bonchev–Trinajstić information content (AvgIpc) is 2.51. The highest BCUT2D eigenvalue weighted by Crippen LogP contribution is 2.22. The Balaban J connectivity index is 2.16. The van der Waals surface area contributed by atoms with E-state index in [4.69, 9.17) is 0 Å². The molecule has 1 fully saturated rings. The molecular formula is C13H23N5. The average molecular weight is 249 g/mol. The zero-order valence-corrected chi connectivity index (χ0v) is 11.5. The summed E-state index contributed by atoms with van der Waals surface area (Å²) in [5, 5.41) is 6.71. The van der Waals surface area contributed by atoms with Crippen molar-refractivity contribution in [1.82, 2.24) is 15.3 Å². The first-order valence-corrected chi connectivity index (χ1v) is 6.62. The van der Waals surface area contributed by atoms with E-state index in [0.29, 0.717) is 0 Å². The highest BCUT2D eigenvalue weighted by Gasteiger charge is 2.25. The Morgan fingerprint density at radius 3 is 3.06 bits per heavy atom. The van der Waals surface area contributed by atoms with Crippen molar-refractivity contribution in [2.45, 2.75) is 20.8 Å². The van der Waals surface area contributed by atoms with Crippen LogP contribution in [0, 0.1) is 5.41 Å². The van der Waals surface area contributed by atoms with E-state index in [1.165, 1.54) is 0 Å². The number of aromatic nitrogens is 2. The monoisotopic (exact) mass is 249 g/mol. The van der Waals surface area contributed by atoms with E-state index in [-0.39, 0.29) is 5.41 Å². The fourth-order valence-electron chi connectivity index (χ4n) is 2.29. The van der Waals surface area contributed by atoms with Gasteiger partial charge in [-0.25, -0.2) is 9.97 Å². The van der Waals surface area contributed by atoms with Gasteiger partial charge in [0.2, 0.25) is 0 Å². The van der Waals surface area contributed by atoms with Crippen LogP contribution in [0.1, 0.15) is 20.8 Å². The molecule has 0 amide bonds. The summed E-state index contributed by atoms with van der Waals surface area (Å²) >= 11 is 0. The maximum absolute atomic E-state index is 4.40. The third-order valence-corrected chi connectivity index (χ3v) is 3.12. The number of hydrogen-bond acceptors (Lipinski definition) is 5. The van der Waals surface area contributed by atoms with Crippen molar-refractivity contribution in [3.8, 4) is 0 Å². The molecule has 0 unspecified atom stereocenters. The zero-order valence-electron chi connectivity index (χ0n) is 11.5. The van der Waals surface area contributed by atoms with Crippen LogP contribution < -0.4 is 15.5 Å². The molecule has 0 bridgehead atoms. The van der Waals surface area contributed by atoms with E-state index in [9.17, 15) is 0 Å². The maximum atomic E-state index is 4.40. The largest absolute Gasteiger partial charge is 0.370 e. The molecule has 2 N–H and O–H groups in total. The number of rotatable bonds is 3. The number of nitrogens with one attached hydrogen (secondary N) is 2. The Morgan fingerprint density at radius 1 is 1.44 bits per heavy atom. The van der Waals surface area contributed by atoms with Gasteiger partial charge in [-0.05, 0) is 12.3 Å². The summed E-state index contributed by atoms with van der Waals surface area (Å²) in [6.07, 6.45) is 1.64. The van der Waals surface area contributed by atoms with Crippen LogP contribution >= 0.6 is 0 Å². The molecule has 5 heteroatoms. The third-order valence-electron chi connectivity index (χ3n) is 3.12. The number of anilines is 2. The molecule has 0 saturated carbocycles. The fourth-order valence-corrected chi connectivity index (χ4v) is 2.29. The van der Waals surface area contributed by atoms with Gasteiger partial charge in [-0.1, -0.05) is 13.8 Å². The summed E-state index contributed by atoms with van der Waals surface area (Å²) in [5.41, 5.74) is 0.264. The first-order chi connectivity index (χ1) is 8.61. The van der Waals surface area contributed by atoms with Crippen LogP contribution in [0.4, 0.5) is 11.6 Å². The molecule has 2 rings (SSSR count). The highest BCUT2D eigenvalue weighted by molar-refractivity contribution is 5.48. The van der Waals surface area contributed by atoms with Crippen LogP contribution in [-0.2, 0) is 0 Å². The van der Waals surface area contributed by atoms with Gasteiger partial charge in [-0.3, -0.25) is 0 Å². The van der Waals surface area contributed by atoms with Crippen molar-refractivity contribution in [3.05, 3.63) is 12.4 Å². The maximum Gasteiger partial charge on any atom is 0.134 e. The predicted molar refractivity (Wildman–Crippen MR) is 75.1 cm³/mol. The Hall–Kier alpha value is -1.36. The first kappa shape index (κ1) is 13.1. The van der Waals surface area contributed by atoms with Gasteiger partial charge in [0.25, 0.3) is 0 Å². The van der Waals surface area contributed by atoms with Crippen molar-refractivity contribution in [1.29, 1.82) is 0 Å². The van der Waals surface area contributed by atoms with Gasteiger partial charge in [0.15, 0.2) is 0 Å². The normalized spacial score (nSPS) is 19.4. The minimum atomic E-state index is 0.264. The van der Waals surface area contributed by atoms with Crippen LogP contribution in [0.5, 0.6) is 0 Å². The van der Waals surface area contributed by atoms with E-state index in [1.54, 1.807) is 6.33 Å². The van der Waals surface area contributed by atoms with Gasteiger partial charge < -0.3 is 15.5 Å². The lowest BCUT2D eigenvalue weighted by atomic mass is 9.93. The minimum absolute atomic E-state index is 0.264. The number of nitrogens with zero attached hydrogens (tertiary/aromatic N) is 3. The molecule has 0 radical (unpaired) electrons. The molecule has 0 spiro atoms. The van der Waals surface area contributed by atoms with E-state index >= 15 is 0 Å². The smallest absolute Gasteiger partial charge is 0.134 e. The van der Waals surface area contributed by atoms with Crippen molar-refractivity contribution < 1.29 is 0 Å². The zero-order chi connectivity index (χ0) is 13.0. The van der Waals surface area contributed by atoms with Crippen LogP contribution in [0.25, 0.3) is 0 Å². The molecule has 1 saturated heterocycles. The summed E-state index contributed by atoms with van der Waals surface area (Å²) < 4.78 is 0. The quantitative estimate of drug-likeness (QED) is 0.847. The number of hydrogen-bond donors (Lipinski definition) is 2. The molecule has 5 nitrogen and oxygen atoms in total. The lowest BCUT2D eigenvalue weighted by Gasteiger charge is -2.29. The van der Waals surface area contributed by atoms with Gasteiger partial charge in [0.1, 0.15) is 18.0 Å². The van der Waals surface area contributed by atoms with Gasteiger partial charge in [0.05, 0.1) is 0 Å². The second kappa shape index (κ2) is 5.52. The summed E-state index contributed by atoms with van der Waals surface area (Å²) in [4.78, 5) is 11.0. The molecule has 0 atom stereocenters. The van der Waals surface area contributed by atoms with Gasteiger partial charge >= 0.3 is 0 Å². The van der Waals surface area contributed by atoms with Crippen molar-refractivity contribution in [2.75, 3.05) is 42.9 Å². The standard InChI is InChI=1S/C13H23N5/c1-4-15-11-7-12(17-10-16-11)18-6-5-14-8-13(2,3)9-18/h7,10,14H,4-6,8-9H2,1-3H3,(H,15,16,17). The second-order valence-electron chi connectivity index (χ2n) is 5.55. The molecule has 100 valence electrons. The highest BCUT2D eigenvalue weighted by atomic mass is 15.2. The summed E-state index contributed by atoms with van der Waals surface area (Å²) in [6.45, 7) is 11.6. The summed E-state index contributed by atoms with van der Waals surface area (Å²) in [7, 11) is 0. The Labute approximate surface area is 109 Å². The SMILES string of the molecule is CCNc1cc(N2CCNCC(C)(C)C2)ncn1. The van der Waals surface area contributed by atoms with Gasteiger partial charge in [-0.15, -0.1) is 0 Å². The van der Waals surface area contributed by atoms with Crippen molar-refractivity contribution >= 4 is 11.6 Å². The summed E-state index contributed by atoms with van der Waals surface area (Å²) in [5.74, 6) is 1.91. The molecule has 1 aromatic heterocycles. The van der Waals surface area contributed by atoms with E-state index in [2.05, 4.69) is 46.3 Å². The molecular weight excluding hydrogens is 226 g/mol. The minimum Gasteiger partial charge on any atom is -0.370 e. The molecule has 0 aromatic carbocycles.